The predicted molar refractivity (Wildman–Crippen MR) is 336 cm³/mol. The van der Waals surface area contributed by atoms with Gasteiger partial charge in [-0.15, -0.1) is 11.3 Å². The van der Waals surface area contributed by atoms with Crippen LogP contribution in [0.1, 0.15) is 187 Å². The average molecular weight is 1030 g/mol. The smallest absolute Gasteiger partial charge is 0.264 e. The molecule has 2 aliphatic heterocycles. The first-order chi connectivity index (χ1) is 36.2. The molecule has 77 heavy (non-hydrogen) atoms. The highest BCUT2D eigenvalue weighted by molar-refractivity contribution is 7.33. The fraction of sp³-hybridized carbons (Fsp3) is 0.397. The molecular weight excluding hydrogens is 948 g/mol. The maximum absolute atomic E-state index is 2.78. The Balaban J connectivity index is 1.21. The van der Waals surface area contributed by atoms with E-state index in [2.05, 4.69) is 259 Å². The highest BCUT2D eigenvalue weighted by Crippen LogP contribution is 2.57. The first-order valence-corrected chi connectivity index (χ1v) is 30.0. The second-order valence-corrected chi connectivity index (χ2v) is 30.5. The summed E-state index contributed by atoms with van der Waals surface area (Å²) in [5.41, 5.74) is 27.6. The lowest BCUT2D eigenvalue weighted by Gasteiger charge is -2.48. The van der Waals surface area contributed by atoms with Crippen molar-refractivity contribution in [2.24, 2.45) is 0 Å². The molecule has 0 bridgehead atoms. The number of hydrogen-bond donors (Lipinski definition) is 0. The van der Waals surface area contributed by atoms with E-state index in [4.69, 9.17) is 0 Å². The van der Waals surface area contributed by atoms with Crippen LogP contribution in [-0.2, 0) is 37.9 Å². The van der Waals surface area contributed by atoms with Gasteiger partial charge in [0.25, 0.3) is 6.71 Å². The summed E-state index contributed by atoms with van der Waals surface area (Å²) < 4.78 is 2.88. The quantitative estimate of drug-likeness (QED) is 0.162. The molecule has 2 nitrogen and oxygen atoms in total. The Kier molecular flexibility index (Phi) is 10.9. The van der Waals surface area contributed by atoms with Crippen LogP contribution in [0.15, 0.2) is 127 Å². The zero-order valence-electron chi connectivity index (χ0n) is 49.2. The number of anilines is 6. The Morgan fingerprint density at radius 2 is 0.896 bits per heavy atom. The van der Waals surface area contributed by atoms with Gasteiger partial charge in [0, 0.05) is 48.7 Å². The minimum Gasteiger partial charge on any atom is -0.310 e. The molecule has 7 aromatic carbocycles. The standard InChI is InChI=1S/C73H81BN2S/c1-44-35-60-63-61(36-44)76(64-49(45-23-19-17-20-24-45)37-47(67(2,3)4)38-50(64)46-25-21-18-22-26-46)59-42-56-55(71(11,12)32-33-72(56,13)14)41-58(59)74(63)66-65(51-40-54-57(43-62(51)77-66)73(15,16)34-31-70(54,9)10)75(60)48-27-28-52-53(39-48)69(7,8)30-29-68(52,5)6/h17-28,35-43H,29-34H2,1-16H3. The van der Waals surface area contributed by atoms with E-state index in [0.717, 1.165) is 12.8 Å². The molecule has 0 atom stereocenters. The van der Waals surface area contributed by atoms with E-state index >= 15 is 0 Å². The monoisotopic (exact) mass is 1030 g/mol. The Labute approximate surface area is 466 Å². The Bertz CT molecular complexity index is 3700. The van der Waals surface area contributed by atoms with Crippen molar-refractivity contribution in [2.75, 3.05) is 9.80 Å². The van der Waals surface area contributed by atoms with Gasteiger partial charge in [0.05, 0.1) is 11.4 Å². The summed E-state index contributed by atoms with van der Waals surface area (Å²) in [4.78, 5) is 5.56. The number of benzene rings is 7. The Morgan fingerprint density at radius 1 is 0.442 bits per heavy atom. The van der Waals surface area contributed by atoms with Crippen molar-refractivity contribution in [1.82, 2.24) is 0 Å². The Hall–Kier alpha value is -5.84. The van der Waals surface area contributed by atoms with Crippen LogP contribution in [0.3, 0.4) is 0 Å². The summed E-state index contributed by atoms with van der Waals surface area (Å²) in [6, 6.07) is 51.2. The van der Waals surface area contributed by atoms with Crippen LogP contribution in [0, 0.1) is 6.92 Å². The summed E-state index contributed by atoms with van der Waals surface area (Å²) in [6.07, 6.45) is 7.07. The topological polar surface area (TPSA) is 6.48 Å². The molecule has 0 amide bonds. The van der Waals surface area contributed by atoms with Gasteiger partial charge in [-0.3, -0.25) is 0 Å². The van der Waals surface area contributed by atoms with Crippen molar-refractivity contribution in [1.29, 1.82) is 0 Å². The van der Waals surface area contributed by atoms with Crippen LogP contribution in [0.4, 0.5) is 34.1 Å². The fourth-order valence-corrected chi connectivity index (χ4v) is 16.3. The zero-order chi connectivity index (χ0) is 54.3. The van der Waals surface area contributed by atoms with Gasteiger partial charge in [-0.1, -0.05) is 177 Å². The molecular formula is C73H81BN2S. The molecule has 13 rings (SSSR count). The third kappa shape index (κ3) is 7.67. The van der Waals surface area contributed by atoms with Crippen molar-refractivity contribution >= 4 is 78.0 Å². The predicted octanol–water partition coefficient (Wildman–Crippen LogP) is 19.0. The zero-order valence-corrected chi connectivity index (χ0v) is 50.1. The molecule has 0 unspecified atom stereocenters. The maximum atomic E-state index is 2.78. The third-order valence-corrected chi connectivity index (χ3v) is 21.4. The number of rotatable bonds is 4. The van der Waals surface area contributed by atoms with E-state index < -0.39 is 0 Å². The highest BCUT2D eigenvalue weighted by Gasteiger charge is 2.50. The van der Waals surface area contributed by atoms with E-state index in [1.807, 2.05) is 0 Å². The molecule has 3 heterocycles. The first-order valence-electron chi connectivity index (χ1n) is 29.2. The number of aryl methyl sites for hydroxylation is 1. The van der Waals surface area contributed by atoms with Crippen LogP contribution >= 0.6 is 11.3 Å². The second-order valence-electron chi connectivity index (χ2n) is 29.4. The normalized spacial score (nSPS) is 19.7. The molecule has 1 aromatic heterocycles. The summed E-state index contributed by atoms with van der Waals surface area (Å²) in [5, 5.41) is 1.40. The summed E-state index contributed by atoms with van der Waals surface area (Å²) in [7, 11) is 0. The van der Waals surface area contributed by atoms with Crippen molar-refractivity contribution in [3.05, 3.63) is 172 Å². The Morgan fingerprint density at radius 3 is 1.42 bits per heavy atom. The first kappa shape index (κ1) is 50.7. The number of hydrogen-bond acceptors (Lipinski definition) is 3. The van der Waals surface area contributed by atoms with Crippen LogP contribution in [0.2, 0.25) is 0 Å². The third-order valence-electron chi connectivity index (χ3n) is 20.2. The van der Waals surface area contributed by atoms with Crippen molar-refractivity contribution in [2.45, 2.75) is 187 Å². The van der Waals surface area contributed by atoms with E-state index in [1.165, 1.54) is 152 Å². The van der Waals surface area contributed by atoms with E-state index in [0.29, 0.717) is 0 Å². The fourth-order valence-electron chi connectivity index (χ4n) is 14.9. The van der Waals surface area contributed by atoms with Crippen LogP contribution < -0.4 is 25.5 Å². The molecule has 0 N–H and O–H groups in total. The van der Waals surface area contributed by atoms with Crippen molar-refractivity contribution in [3.8, 4) is 22.3 Å². The molecule has 5 aliphatic rings. The molecule has 0 spiro atoms. The summed E-state index contributed by atoms with van der Waals surface area (Å²) in [5.74, 6) is 0. The highest BCUT2D eigenvalue weighted by atomic mass is 32.1. The van der Waals surface area contributed by atoms with Gasteiger partial charge < -0.3 is 9.80 Å². The lowest BCUT2D eigenvalue weighted by molar-refractivity contribution is 0.332. The minimum atomic E-state index is -0.0892. The van der Waals surface area contributed by atoms with Crippen LogP contribution in [0.25, 0.3) is 32.3 Å². The van der Waals surface area contributed by atoms with Gasteiger partial charge in [-0.05, 0) is 205 Å². The van der Waals surface area contributed by atoms with Crippen molar-refractivity contribution < 1.29 is 0 Å². The van der Waals surface area contributed by atoms with Gasteiger partial charge in [0.15, 0.2) is 0 Å². The number of thiophene rings is 1. The average Bonchev–Trinajstić information content (AvgIpc) is 3.99. The SMILES string of the molecule is Cc1cc2c3c(c1)N(c1ccc4c(c1)C(C)(C)CCC4(C)C)c1c(sc4cc5c(cc14)C(C)(C)CCC5(C)C)B3c1cc3c(cc1N2c1c(-c2ccccc2)cc(C(C)(C)C)cc1-c1ccccc1)C(C)(C)CCC3(C)C. The van der Waals surface area contributed by atoms with Gasteiger partial charge in [0.2, 0.25) is 0 Å². The molecule has 0 saturated carbocycles. The molecule has 4 heteroatoms. The largest absolute Gasteiger partial charge is 0.310 e. The van der Waals surface area contributed by atoms with Crippen LogP contribution in [0.5, 0.6) is 0 Å². The molecule has 8 aromatic rings. The van der Waals surface area contributed by atoms with Gasteiger partial charge >= 0.3 is 0 Å². The molecule has 0 saturated heterocycles. The minimum absolute atomic E-state index is 0.00378. The van der Waals surface area contributed by atoms with Crippen LogP contribution in [-0.4, -0.2) is 6.71 Å². The number of fused-ring (bicyclic) bond motifs is 9. The summed E-state index contributed by atoms with van der Waals surface area (Å²) >= 11 is 2.09. The molecule has 0 fully saturated rings. The van der Waals surface area contributed by atoms with E-state index in [-0.39, 0.29) is 44.6 Å². The van der Waals surface area contributed by atoms with E-state index in [1.54, 1.807) is 0 Å². The lowest BCUT2D eigenvalue weighted by Crippen LogP contribution is -2.61. The molecule has 0 radical (unpaired) electrons. The number of nitrogens with zero attached hydrogens (tertiary/aromatic N) is 2. The van der Waals surface area contributed by atoms with Gasteiger partial charge in [-0.25, -0.2) is 0 Å². The maximum Gasteiger partial charge on any atom is 0.264 e. The molecule has 3 aliphatic carbocycles. The lowest BCUT2D eigenvalue weighted by atomic mass is 9.35. The second kappa shape index (κ2) is 16.6. The van der Waals surface area contributed by atoms with Gasteiger partial charge in [-0.2, -0.15) is 0 Å². The summed E-state index contributed by atoms with van der Waals surface area (Å²) in [6.45, 7) is 39.4. The van der Waals surface area contributed by atoms with E-state index in [9.17, 15) is 0 Å². The molecule has 392 valence electrons. The van der Waals surface area contributed by atoms with Crippen molar-refractivity contribution in [3.63, 3.8) is 0 Å². The van der Waals surface area contributed by atoms with Gasteiger partial charge in [0.1, 0.15) is 0 Å².